The number of aromatic nitrogens is 2. The van der Waals surface area contributed by atoms with Crippen molar-refractivity contribution in [1.29, 1.82) is 0 Å². The minimum absolute atomic E-state index is 0.0846. The normalized spacial score (nSPS) is 21.3. The van der Waals surface area contributed by atoms with Crippen LogP contribution in [-0.4, -0.2) is 27.8 Å². The minimum Gasteiger partial charge on any atom is -0.365 e. The molecule has 3 heterocycles. The summed E-state index contributed by atoms with van der Waals surface area (Å²) < 4.78 is 42.8. The van der Waals surface area contributed by atoms with E-state index in [2.05, 4.69) is 22.7 Å². The van der Waals surface area contributed by atoms with E-state index >= 15 is 0 Å². The number of hydrogen-bond donors (Lipinski definition) is 3. The van der Waals surface area contributed by atoms with Gasteiger partial charge in [0.2, 0.25) is 0 Å². The molecule has 3 atom stereocenters. The van der Waals surface area contributed by atoms with Gasteiger partial charge in [0, 0.05) is 11.3 Å². The number of amides is 2. The number of nitrogens with one attached hydrogen (secondary N) is 2. The molecule has 2 aliphatic rings. The van der Waals surface area contributed by atoms with Gasteiger partial charge in [-0.2, -0.15) is 18.3 Å². The van der Waals surface area contributed by atoms with E-state index in [1.165, 1.54) is 11.3 Å². The summed E-state index contributed by atoms with van der Waals surface area (Å²) in [6.45, 7) is 2.10. The molecular weight excluding hydrogens is 515 g/mol. The first-order valence-electron chi connectivity index (χ1n) is 11.5. The maximum absolute atomic E-state index is 14.0. The molecule has 3 aromatic rings. The Hall–Kier alpha value is -3.05. The number of halogens is 4. The van der Waals surface area contributed by atoms with E-state index in [0.717, 1.165) is 28.0 Å². The van der Waals surface area contributed by atoms with Gasteiger partial charge in [-0.1, -0.05) is 48.9 Å². The molecule has 2 aromatic heterocycles. The van der Waals surface area contributed by atoms with Gasteiger partial charge in [0.05, 0.1) is 11.6 Å². The van der Waals surface area contributed by atoms with Crippen LogP contribution in [0.3, 0.4) is 0 Å². The standard InChI is InChI=1S/C24H23ClF3N5O2S/c1-11-7-8-13-15(9-11)36-23(17(13)20(29)34)31-22(35)19-18(25)21-30-14(12-5-3-2-4-6-12)10-16(24(26,27)28)33(21)32-19/h2-6,11,14,16,30H,7-10H2,1H3,(H2,29,34)(H,31,35)/t11-,14+,16-/m0/s1. The second kappa shape index (κ2) is 9.11. The third-order valence-corrected chi connectivity index (χ3v) is 8.23. The van der Waals surface area contributed by atoms with Crippen LogP contribution in [0.5, 0.6) is 0 Å². The van der Waals surface area contributed by atoms with E-state index in [1.54, 1.807) is 30.3 Å². The lowest BCUT2D eigenvalue weighted by molar-refractivity contribution is -0.173. The van der Waals surface area contributed by atoms with Gasteiger partial charge >= 0.3 is 6.18 Å². The fourth-order valence-corrected chi connectivity index (χ4v) is 6.58. The van der Waals surface area contributed by atoms with Gasteiger partial charge in [-0.25, -0.2) is 4.68 Å². The van der Waals surface area contributed by atoms with Crippen LogP contribution in [-0.2, 0) is 12.8 Å². The number of primary amides is 1. The molecule has 1 aliphatic carbocycles. The number of anilines is 2. The lowest BCUT2D eigenvalue weighted by Crippen LogP contribution is -2.35. The molecule has 36 heavy (non-hydrogen) atoms. The van der Waals surface area contributed by atoms with E-state index in [1.807, 2.05) is 0 Å². The molecule has 5 rings (SSSR count). The van der Waals surface area contributed by atoms with E-state index in [9.17, 15) is 22.8 Å². The number of alkyl halides is 3. The quantitative estimate of drug-likeness (QED) is 0.395. The Bertz CT molecular complexity index is 1340. The molecule has 1 aromatic carbocycles. The van der Waals surface area contributed by atoms with E-state index in [0.29, 0.717) is 17.9 Å². The van der Waals surface area contributed by atoms with E-state index < -0.39 is 30.1 Å². The fraction of sp³-hybridized carbons (Fsp3) is 0.375. The van der Waals surface area contributed by atoms with Crippen molar-refractivity contribution in [3.63, 3.8) is 0 Å². The zero-order valence-electron chi connectivity index (χ0n) is 19.2. The highest BCUT2D eigenvalue weighted by Gasteiger charge is 2.48. The van der Waals surface area contributed by atoms with Crippen molar-refractivity contribution in [1.82, 2.24) is 9.78 Å². The second-order valence-electron chi connectivity index (χ2n) is 9.23. The monoisotopic (exact) mass is 537 g/mol. The average Bonchev–Trinajstić information content (AvgIpc) is 3.35. The summed E-state index contributed by atoms with van der Waals surface area (Å²) in [5.74, 6) is -1.14. The van der Waals surface area contributed by atoms with Crippen LogP contribution in [0.15, 0.2) is 30.3 Å². The summed E-state index contributed by atoms with van der Waals surface area (Å²) in [4.78, 5) is 26.4. The first-order valence-corrected chi connectivity index (χ1v) is 12.7. The maximum Gasteiger partial charge on any atom is 0.410 e. The van der Waals surface area contributed by atoms with Gasteiger partial charge in [0.1, 0.15) is 15.8 Å². The lowest BCUT2D eigenvalue weighted by atomic mass is 9.88. The molecule has 0 saturated carbocycles. The molecule has 2 amide bonds. The van der Waals surface area contributed by atoms with Gasteiger partial charge in [0.15, 0.2) is 11.7 Å². The van der Waals surface area contributed by atoms with E-state index in [4.69, 9.17) is 17.3 Å². The molecule has 0 unspecified atom stereocenters. The van der Waals surface area contributed by atoms with Crippen LogP contribution in [0.1, 0.15) is 68.7 Å². The average molecular weight is 538 g/mol. The fourth-order valence-electron chi connectivity index (χ4n) is 4.90. The molecule has 4 N–H and O–H groups in total. The van der Waals surface area contributed by atoms with Crippen LogP contribution >= 0.6 is 22.9 Å². The molecule has 0 fully saturated rings. The van der Waals surface area contributed by atoms with Crippen molar-refractivity contribution >= 4 is 45.6 Å². The summed E-state index contributed by atoms with van der Waals surface area (Å²) in [6.07, 6.45) is -2.62. The van der Waals surface area contributed by atoms with Crippen molar-refractivity contribution in [2.75, 3.05) is 10.6 Å². The Kier molecular flexibility index (Phi) is 6.24. The first-order chi connectivity index (χ1) is 17.0. The highest BCUT2D eigenvalue weighted by atomic mass is 35.5. The van der Waals surface area contributed by atoms with Gasteiger partial charge in [-0.05, 0) is 36.3 Å². The number of nitrogens with two attached hydrogens (primary N) is 1. The van der Waals surface area contributed by atoms with Crippen molar-refractivity contribution in [3.05, 3.63) is 62.6 Å². The molecule has 190 valence electrons. The van der Waals surface area contributed by atoms with Crippen molar-refractivity contribution in [3.8, 4) is 0 Å². The number of thiophene rings is 1. The van der Waals surface area contributed by atoms with Gasteiger partial charge < -0.3 is 16.4 Å². The van der Waals surface area contributed by atoms with Crippen LogP contribution in [0.2, 0.25) is 5.02 Å². The van der Waals surface area contributed by atoms with Crippen molar-refractivity contribution in [2.45, 2.75) is 50.9 Å². The molecule has 1 aliphatic heterocycles. The first kappa shape index (κ1) is 24.6. The molecule has 0 bridgehead atoms. The smallest absolute Gasteiger partial charge is 0.365 e. The largest absolute Gasteiger partial charge is 0.410 e. The Morgan fingerprint density at radius 2 is 2.00 bits per heavy atom. The predicted octanol–water partition coefficient (Wildman–Crippen LogP) is 5.73. The molecule has 12 heteroatoms. The van der Waals surface area contributed by atoms with Crippen molar-refractivity contribution < 1.29 is 22.8 Å². The Morgan fingerprint density at radius 1 is 1.28 bits per heavy atom. The number of carbonyl (C=O) groups is 2. The van der Waals surface area contributed by atoms with Crippen LogP contribution in [0.4, 0.5) is 24.0 Å². The zero-order chi connectivity index (χ0) is 25.8. The topological polar surface area (TPSA) is 102 Å². The highest BCUT2D eigenvalue weighted by Crippen LogP contribution is 2.46. The maximum atomic E-state index is 14.0. The number of nitrogens with zero attached hydrogens (tertiary/aromatic N) is 2. The molecule has 0 radical (unpaired) electrons. The van der Waals surface area contributed by atoms with Gasteiger partial charge in [-0.3, -0.25) is 9.59 Å². The Morgan fingerprint density at radius 3 is 2.67 bits per heavy atom. The number of hydrogen-bond acceptors (Lipinski definition) is 5. The zero-order valence-corrected chi connectivity index (χ0v) is 20.7. The van der Waals surface area contributed by atoms with E-state index in [-0.39, 0.29) is 33.5 Å². The third kappa shape index (κ3) is 4.34. The summed E-state index contributed by atoms with van der Waals surface area (Å²) in [6, 6.07) is 6.05. The van der Waals surface area contributed by atoms with Gasteiger partial charge in [0.25, 0.3) is 11.8 Å². The summed E-state index contributed by atoms with van der Waals surface area (Å²) in [5, 5.41) is 9.66. The molecule has 7 nitrogen and oxygen atoms in total. The predicted molar refractivity (Wildman–Crippen MR) is 132 cm³/mol. The highest BCUT2D eigenvalue weighted by molar-refractivity contribution is 7.17. The second-order valence-corrected chi connectivity index (χ2v) is 10.7. The van der Waals surface area contributed by atoms with Crippen LogP contribution in [0, 0.1) is 5.92 Å². The molecule has 0 saturated heterocycles. The summed E-state index contributed by atoms with van der Waals surface area (Å²) in [7, 11) is 0. The number of benzene rings is 1. The Labute approximate surface area is 213 Å². The molecule has 0 spiro atoms. The molecular formula is C24H23ClF3N5O2S. The minimum atomic E-state index is -4.62. The number of carbonyl (C=O) groups excluding carboxylic acids is 2. The van der Waals surface area contributed by atoms with Crippen LogP contribution < -0.4 is 16.4 Å². The summed E-state index contributed by atoms with van der Waals surface area (Å²) in [5.41, 5.74) is 6.97. The third-order valence-electron chi connectivity index (χ3n) is 6.70. The van der Waals surface area contributed by atoms with Gasteiger partial charge in [-0.15, -0.1) is 11.3 Å². The number of rotatable bonds is 4. The van der Waals surface area contributed by atoms with Crippen molar-refractivity contribution in [2.24, 2.45) is 11.7 Å². The Balaban J connectivity index is 1.50. The van der Waals surface area contributed by atoms with Crippen LogP contribution in [0.25, 0.3) is 0 Å². The lowest BCUT2D eigenvalue weighted by Gasteiger charge is -2.33. The number of fused-ring (bicyclic) bond motifs is 2. The summed E-state index contributed by atoms with van der Waals surface area (Å²) >= 11 is 7.69. The SMILES string of the molecule is C[C@H]1CCc2c(sc(NC(=O)c3nn4c(c3Cl)N[C@@H](c3ccccc3)C[C@H]4C(F)(F)F)c2C(N)=O)C1.